The number of morpholine rings is 1. The minimum Gasteiger partial charge on any atom is -0.385 e. The van der Waals surface area contributed by atoms with Crippen LogP contribution >= 0.6 is 0 Å². The number of nitrogens with one attached hydrogen (secondary N) is 1. The topological polar surface area (TPSA) is 72.1 Å². The van der Waals surface area contributed by atoms with Gasteiger partial charge in [0.15, 0.2) is 0 Å². The van der Waals surface area contributed by atoms with Crippen molar-refractivity contribution in [1.29, 1.82) is 0 Å². The molecule has 0 aliphatic carbocycles. The number of hydrogen-bond acceptors (Lipinski definition) is 4. The summed E-state index contributed by atoms with van der Waals surface area (Å²) in [5.74, 6) is 6.25. The zero-order chi connectivity index (χ0) is 12.7. The van der Waals surface area contributed by atoms with Gasteiger partial charge in [-0.25, -0.2) is 5.84 Å². The molecule has 0 aromatic carbocycles. The maximum absolute atomic E-state index is 5.67. The van der Waals surface area contributed by atoms with Gasteiger partial charge in [0.25, 0.3) is 0 Å². The van der Waals surface area contributed by atoms with Crippen molar-refractivity contribution in [3.8, 4) is 0 Å². The van der Waals surface area contributed by atoms with Crippen molar-refractivity contribution in [3.63, 3.8) is 0 Å². The SMILES string of the molecule is COCCCN=C(NN)N1CC(C)OC(C)C1. The van der Waals surface area contributed by atoms with E-state index in [-0.39, 0.29) is 12.2 Å². The molecule has 0 spiro atoms. The van der Waals surface area contributed by atoms with Gasteiger partial charge in [0.1, 0.15) is 0 Å². The van der Waals surface area contributed by atoms with Crippen LogP contribution in [0.3, 0.4) is 0 Å². The molecule has 0 amide bonds. The molecular weight excluding hydrogens is 220 g/mol. The number of aliphatic imine (C=N–C) groups is 1. The third-order valence-electron chi connectivity index (χ3n) is 2.62. The summed E-state index contributed by atoms with van der Waals surface area (Å²) in [6.45, 7) is 7.18. The Bertz CT molecular complexity index is 238. The lowest BCUT2D eigenvalue weighted by Gasteiger charge is -2.36. The molecule has 3 N–H and O–H groups in total. The molecule has 0 saturated carbocycles. The molecule has 0 aromatic rings. The Hall–Kier alpha value is -0.850. The Morgan fingerprint density at radius 2 is 2.12 bits per heavy atom. The summed E-state index contributed by atoms with van der Waals surface area (Å²) in [6, 6.07) is 0. The number of nitrogens with two attached hydrogens (primary N) is 1. The molecule has 0 bridgehead atoms. The predicted octanol–water partition coefficient (Wildman–Crippen LogP) is -0.0486. The van der Waals surface area contributed by atoms with Crippen LogP contribution in [0.4, 0.5) is 0 Å². The number of nitrogens with zero attached hydrogens (tertiary/aromatic N) is 2. The Morgan fingerprint density at radius 3 is 2.65 bits per heavy atom. The third kappa shape index (κ3) is 4.89. The van der Waals surface area contributed by atoms with E-state index in [9.17, 15) is 0 Å². The lowest BCUT2D eigenvalue weighted by molar-refractivity contribution is -0.0489. The third-order valence-corrected chi connectivity index (χ3v) is 2.62. The Morgan fingerprint density at radius 1 is 1.47 bits per heavy atom. The second-order valence-electron chi connectivity index (χ2n) is 4.36. The molecule has 100 valence electrons. The molecule has 1 rings (SSSR count). The highest BCUT2D eigenvalue weighted by atomic mass is 16.5. The van der Waals surface area contributed by atoms with E-state index in [4.69, 9.17) is 15.3 Å². The molecule has 17 heavy (non-hydrogen) atoms. The van der Waals surface area contributed by atoms with Crippen LogP contribution in [-0.4, -0.2) is 56.4 Å². The first-order chi connectivity index (χ1) is 8.17. The molecular formula is C11H24N4O2. The predicted molar refractivity (Wildman–Crippen MR) is 67.7 cm³/mol. The van der Waals surface area contributed by atoms with E-state index >= 15 is 0 Å². The lowest BCUT2D eigenvalue weighted by atomic mass is 10.2. The summed E-state index contributed by atoms with van der Waals surface area (Å²) in [6.07, 6.45) is 1.31. The average molecular weight is 244 g/mol. The highest BCUT2D eigenvalue weighted by molar-refractivity contribution is 5.79. The van der Waals surface area contributed by atoms with Crippen molar-refractivity contribution in [2.45, 2.75) is 32.5 Å². The van der Waals surface area contributed by atoms with Crippen LogP contribution in [0.2, 0.25) is 0 Å². The first kappa shape index (κ1) is 14.2. The fourth-order valence-corrected chi connectivity index (χ4v) is 1.98. The van der Waals surface area contributed by atoms with Gasteiger partial charge < -0.3 is 14.4 Å². The summed E-state index contributed by atoms with van der Waals surface area (Å²) in [7, 11) is 1.69. The molecule has 6 heteroatoms. The zero-order valence-corrected chi connectivity index (χ0v) is 11.0. The molecule has 0 aromatic heterocycles. The van der Waals surface area contributed by atoms with E-state index in [1.807, 2.05) is 0 Å². The fourth-order valence-electron chi connectivity index (χ4n) is 1.98. The maximum Gasteiger partial charge on any atom is 0.208 e. The Labute approximate surface area is 103 Å². The van der Waals surface area contributed by atoms with E-state index in [1.165, 1.54) is 0 Å². The van der Waals surface area contributed by atoms with Crippen molar-refractivity contribution >= 4 is 5.96 Å². The van der Waals surface area contributed by atoms with E-state index in [2.05, 4.69) is 29.2 Å². The van der Waals surface area contributed by atoms with Gasteiger partial charge in [-0.1, -0.05) is 0 Å². The van der Waals surface area contributed by atoms with Crippen LogP contribution in [-0.2, 0) is 9.47 Å². The maximum atomic E-state index is 5.67. The van der Waals surface area contributed by atoms with Crippen molar-refractivity contribution in [3.05, 3.63) is 0 Å². The first-order valence-corrected chi connectivity index (χ1v) is 6.07. The lowest BCUT2D eigenvalue weighted by Crippen LogP contribution is -2.54. The fraction of sp³-hybridized carbons (Fsp3) is 0.909. The summed E-state index contributed by atoms with van der Waals surface area (Å²) >= 11 is 0. The number of rotatable bonds is 4. The van der Waals surface area contributed by atoms with Gasteiger partial charge in [-0.05, 0) is 20.3 Å². The molecule has 1 aliphatic rings. The van der Waals surface area contributed by atoms with Crippen molar-refractivity contribution < 1.29 is 9.47 Å². The summed E-state index contributed by atoms with van der Waals surface area (Å²) in [5.41, 5.74) is 2.67. The van der Waals surface area contributed by atoms with Crippen LogP contribution in [0.25, 0.3) is 0 Å². The first-order valence-electron chi connectivity index (χ1n) is 6.07. The normalized spacial score (nSPS) is 26.1. The van der Waals surface area contributed by atoms with E-state index < -0.39 is 0 Å². The molecule has 0 radical (unpaired) electrons. The van der Waals surface area contributed by atoms with Gasteiger partial charge in [0.2, 0.25) is 5.96 Å². The Kier molecular flexibility index (Phi) is 6.25. The number of hydrazine groups is 1. The molecule has 6 nitrogen and oxygen atoms in total. The van der Waals surface area contributed by atoms with Crippen LogP contribution in [0.1, 0.15) is 20.3 Å². The largest absolute Gasteiger partial charge is 0.385 e. The Balaban J connectivity index is 2.47. The smallest absolute Gasteiger partial charge is 0.208 e. The summed E-state index contributed by atoms with van der Waals surface area (Å²) in [5, 5.41) is 0. The van der Waals surface area contributed by atoms with Gasteiger partial charge in [-0.2, -0.15) is 0 Å². The molecule has 1 aliphatic heterocycles. The quantitative estimate of drug-likeness (QED) is 0.238. The van der Waals surface area contributed by atoms with E-state index in [0.717, 1.165) is 32.1 Å². The van der Waals surface area contributed by atoms with Crippen LogP contribution in [0, 0.1) is 0 Å². The molecule has 1 heterocycles. The molecule has 1 saturated heterocycles. The zero-order valence-electron chi connectivity index (χ0n) is 11.0. The highest BCUT2D eigenvalue weighted by Gasteiger charge is 2.24. The van der Waals surface area contributed by atoms with Crippen molar-refractivity contribution in [1.82, 2.24) is 10.3 Å². The summed E-state index contributed by atoms with van der Waals surface area (Å²) < 4.78 is 10.7. The van der Waals surface area contributed by atoms with E-state index in [0.29, 0.717) is 6.54 Å². The second-order valence-corrected chi connectivity index (χ2v) is 4.36. The molecule has 2 unspecified atom stereocenters. The van der Waals surface area contributed by atoms with Crippen LogP contribution in [0.5, 0.6) is 0 Å². The van der Waals surface area contributed by atoms with Gasteiger partial charge in [-0.3, -0.25) is 10.4 Å². The number of guanidine groups is 1. The van der Waals surface area contributed by atoms with Crippen LogP contribution in [0.15, 0.2) is 4.99 Å². The number of ether oxygens (including phenoxy) is 2. The van der Waals surface area contributed by atoms with Gasteiger partial charge in [-0.15, -0.1) is 0 Å². The monoisotopic (exact) mass is 244 g/mol. The van der Waals surface area contributed by atoms with Gasteiger partial charge in [0, 0.05) is 33.4 Å². The van der Waals surface area contributed by atoms with Gasteiger partial charge >= 0.3 is 0 Å². The van der Waals surface area contributed by atoms with Gasteiger partial charge in [0.05, 0.1) is 12.2 Å². The molecule has 2 atom stereocenters. The second kappa shape index (κ2) is 7.47. The van der Waals surface area contributed by atoms with Crippen molar-refractivity contribution in [2.75, 3.05) is 33.4 Å². The summed E-state index contributed by atoms with van der Waals surface area (Å²) in [4.78, 5) is 6.57. The molecule has 1 fully saturated rings. The van der Waals surface area contributed by atoms with Crippen LogP contribution < -0.4 is 11.3 Å². The minimum atomic E-state index is 0.205. The van der Waals surface area contributed by atoms with Crippen molar-refractivity contribution in [2.24, 2.45) is 10.8 Å². The number of hydrogen-bond donors (Lipinski definition) is 2. The minimum absolute atomic E-state index is 0.205. The number of methoxy groups -OCH3 is 1. The standard InChI is InChI=1S/C11H24N4O2/c1-9-7-15(8-10(2)17-9)11(14-12)13-5-4-6-16-3/h9-10H,4-8,12H2,1-3H3,(H,13,14). The average Bonchev–Trinajstić information content (AvgIpc) is 2.28. The van der Waals surface area contributed by atoms with E-state index in [1.54, 1.807) is 7.11 Å². The highest BCUT2D eigenvalue weighted by Crippen LogP contribution is 2.10.